The van der Waals surface area contributed by atoms with Crippen LogP contribution in [0.25, 0.3) is 10.8 Å². The standard InChI is InChI=1S/C13H16N2O4S/c1-8-11(12(17)14-9(6-16)7-18-2)15-13(20-8)10-4-3-5-19-10/h3-5,9,16H,6-7H2,1-2H3,(H,14,17). The summed E-state index contributed by atoms with van der Waals surface area (Å²) < 4.78 is 10.2. The molecule has 0 spiro atoms. The molecule has 0 fully saturated rings. The summed E-state index contributed by atoms with van der Waals surface area (Å²) in [5.41, 5.74) is 0.343. The number of nitrogens with zero attached hydrogens (tertiary/aromatic N) is 1. The summed E-state index contributed by atoms with van der Waals surface area (Å²) in [5.74, 6) is 0.306. The van der Waals surface area contributed by atoms with E-state index < -0.39 is 6.04 Å². The van der Waals surface area contributed by atoms with E-state index in [2.05, 4.69) is 10.3 Å². The van der Waals surface area contributed by atoms with Gasteiger partial charge in [-0.15, -0.1) is 11.3 Å². The average Bonchev–Trinajstić information content (AvgIpc) is 3.06. The van der Waals surface area contributed by atoms with Crippen molar-refractivity contribution in [3.63, 3.8) is 0 Å². The molecule has 108 valence electrons. The second-order valence-electron chi connectivity index (χ2n) is 4.21. The monoisotopic (exact) mass is 296 g/mol. The predicted molar refractivity (Wildman–Crippen MR) is 74.8 cm³/mol. The number of ether oxygens (including phenoxy) is 1. The first kappa shape index (κ1) is 14.7. The first-order valence-electron chi connectivity index (χ1n) is 6.07. The zero-order valence-corrected chi connectivity index (χ0v) is 12.1. The number of methoxy groups -OCH3 is 1. The molecule has 0 aliphatic carbocycles. The van der Waals surface area contributed by atoms with Crippen LogP contribution in [0.4, 0.5) is 0 Å². The van der Waals surface area contributed by atoms with Crippen LogP contribution in [0.15, 0.2) is 22.8 Å². The van der Waals surface area contributed by atoms with Gasteiger partial charge in [-0.2, -0.15) is 0 Å². The molecule has 20 heavy (non-hydrogen) atoms. The van der Waals surface area contributed by atoms with Crippen LogP contribution in [0.3, 0.4) is 0 Å². The van der Waals surface area contributed by atoms with Crippen molar-refractivity contribution < 1.29 is 19.1 Å². The van der Waals surface area contributed by atoms with Crippen molar-refractivity contribution in [3.8, 4) is 10.8 Å². The Morgan fingerprint density at radius 1 is 1.65 bits per heavy atom. The SMILES string of the molecule is COCC(CO)NC(=O)c1nc(-c2ccco2)sc1C. The van der Waals surface area contributed by atoms with Crippen molar-refractivity contribution in [1.29, 1.82) is 0 Å². The summed E-state index contributed by atoms with van der Waals surface area (Å²) in [5, 5.41) is 12.5. The maximum atomic E-state index is 12.1. The summed E-state index contributed by atoms with van der Waals surface area (Å²) in [6, 6.07) is 3.12. The smallest absolute Gasteiger partial charge is 0.271 e. The maximum absolute atomic E-state index is 12.1. The Balaban J connectivity index is 2.14. The lowest BCUT2D eigenvalue weighted by Crippen LogP contribution is -2.41. The Morgan fingerprint density at radius 2 is 2.45 bits per heavy atom. The van der Waals surface area contributed by atoms with E-state index in [-0.39, 0.29) is 19.1 Å². The molecule has 2 rings (SSSR count). The Morgan fingerprint density at radius 3 is 3.05 bits per heavy atom. The van der Waals surface area contributed by atoms with Crippen molar-refractivity contribution in [3.05, 3.63) is 29.0 Å². The Kier molecular flexibility index (Phi) is 4.89. The van der Waals surface area contributed by atoms with Gasteiger partial charge in [-0.3, -0.25) is 4.79 Å². The highest BCUT2D eigenvalue weighted by Crippen LogP contribution is 2.27. The number of nitrogens with one attached hydrogen (secondary N) is 1. The van der Waals surface area contributed by atoms with Crippen molar-refractivity contribution in [2.24, 2.45) is 0 Å². The zero-order valence-electron chi connectivity index (χ0n) is 11.3. The van der Waals surface area contributed by atoms with Crippen LogP contribution < -0.4 is 5.32 Å². The highest BCUT2D eigenvalue weighted by Gasteiger charge is 2.20. The molecule has 2 aromatic heterocycles. The minimum absolute atomic E-state index is 0.187. The third-order valence-electron chi connectivity index (χ3n) is 2.67. The fraction of sp³-hybridized carbons (Fsp3) is 0.385. The second kappa shape index (κ2) is 6.65. The number of thiazole rings is 1. The van der Waals surface area contributed by atoms with Crippen LogP contribution in [-0.2, 0) is 4.74 Å². The lowest BCUT2D eigenvalue weighted by molar-refractivity contribution is 0.0835. The number of aromatic nitrogens is 1. The summed E-state index contributed by atoms with van der Waals surface area (Å²) >= 11 is 1.39. The van der Waals surface area contributed by atoms with Crippen molar-refractivity contribution in [2.45, 2.75) is 13.0 Å². The van der Waals surface area contributed by atoms with E-state index in [1.807, 2.05) is 6.92 Å². The van der Waals surface area contributed by atoms with Crippen LogP contribution in [0, 0.1) is 6.92 Å². The molecule has 0 aromatic carbocycles. The average molecular weight is 296 g/mol. The summed E-state index contributed by atoms with van der Waals surface area (Å²) in [7, 11) is 1.51. The minimum Gasteiger partial charge on any atom is -0.462 e. The molecule has 0 radical (unpaired) electrons. The molecule has 1 amide bonds. The Bertz CT molecular complexity index is 565. The molecule has 2 heterocycles. The van der Waals surface area contributed by atoms with Crippen LogP contribution in [0.5, 0.6) is 0 Å². The third-order valence-corrected chi connectivity index (χ3v) is 3.65. The van der Waals surface area contributed by atoms with E-state index in [0.29, 0.717) is 16.5 Å². The molecule has 2 N–H and O–H groups in total. The van der Waals surface area contributed by atoms with E-state index in [0.717, 1.165) is 4.88 Å². The number of aliphatic hydroxyl groups is 1. The van der Waals surface area contributed by atoms with Gasteiger partial charge >= 0.3 is 0 Å². The van der Waals surface area contributed by atoms with Crippen molar-refractivity contribution in [1.82, 2.24) is 10.3 Å². The van der Waals surface area contributed by atoms with Crippen LogP contribution in [0.1, 0.15) is 15.4 Å². The molecular formula is C13H16N2O4S. The van der Waals surface area contributed by atoms with Gasteiger partial charge in [0.15, 0.2) is 10.8 Å². The molecular weight excluding hydrogens is 280 g/mol. The van der Waals surface area contributed by atoms with Gasteiger partial charge in [0, 0.05) is 12.0 Å². The fourth-order valence-corrected chi connectivity index (χ4v) is 2.59. The van der Waals surface area contributed by atoms with Gasteiger partial charge in [0.25, 0.3) is 5.91 Å². The Hall–Kier alpha value is -1.70. The number of hydrogen-bond acceptors (Lipinski definition) is 6. The first-order chi connectivity index (χ1) is 9.65. The number of furan rings is 1. The maximum Gasteiger partial charge on any atom is 0.271 e. The normalized spacial score (nSPS) is 12.3. The molecule has 0 aliphatic heterocycles. The van der Waals surface area contributed by atoms with Gasteiger partial charge < -0.3 is 19.6 Å². The van der Waals surface area contributed by atoms with Crippen LogP contribution in [-0.4, -0.2) is 42.4 Å². The highest BCUT2D eigenvalue weighted by molar-refractivity contribution is 7.15. The topological polar surface area (TPSA) is 84.6 Å². The molecule has 0 bridgehead atoms. The Labute approximate surface area is 120 Å². The lowest BCUT2D eigenvalue weighted by atomic mass is 10.3. The number of carbonyl (C=O) groups excluding carboxylic acids is 1. The number of aliphatic hydroxyl groups excluding tert-OH is 1. The van der Waals surface area contributed by atoms with E-state index in [4.69, 9.17) is 14.3 Å². The molecule has 0 saturated heterocycles. The fourth-order valence-electron chi connectivity index (χ4n) is 1.71. The number of rotatable bonds is 6. The molecule has 6 nitrogen and oxygen atoms in total. The molecule has 0 aliphatic rings. The molecule has 1 atom stereocenters. The number of amides is 1. The van der Waals surface area contributed by atoms with Gasteiger partial charge in [0.05, 0.1) is 25.5 Å². The van der Waals surface area contributed by atoms with E-state index >= 15 is 0 Å². The molecule has 1 unspecified atom stereocenters. The largest absolute Gasteiger partial charge is 0.462 e. The number of aryl methyl sites for hydroxylation is 1. The lowest BCUT2D eigenvalue weighted by Gasteiger charge is -2.14. The van der Waals surface area contributed by atoms with Crippen LogP contribution in [0.2, 0.25) is 0 Å². The first-order valence-corrected chi connectivity index (χ1v) is 6.89. The van der Waals surface area contributed by atoms with Gasteiger partial charge in [-0.1, -0.05) is 0 Å². The molecule has 7 heteroatoms. The minimum atomic E-state index is -0.444. The van der Waals surface area contributed by atoms with E-state index in [9.17, 15) is 4.79 Å². The van der Waals surface area contributed by atoms with E-state index in [1.165, 1.54) is 18.4 Å². The van der Waals surface area contributed by atoms with Gasteiger partial charge in [0.1, 0.15) is 5.69 Å². The summed E-state index contributed by atoms with van der Waals surface area (Å²) in [4.78, 5) is 17.2. The quantitative estimate of drug-likeness (QED) is 0.843. The van der Waals surface area contributed by atoms with Crippen molar-refractivity contribution in [2.75, 3.05) is 20.3 Å². The third kappa shape index (κ3) is 3.24. The van der Waals surface area contributed by atoms with E-state index in [1.54, 1.807) is 18.4 Å². The second-order valence-corrected chi connectivity index (χ2v) is 5.41. The van der Waals surface area contributed by atoms with Gasteiger partial charge in [0.2, 0.25) is 0 Å². The predicted octanol–water partition coefficient (Wildman–Crippen LogP) is 1.45. The highest BCUT2D eigenvalue weighted by atomic mass is 32.1. The summed E-state index contributed by atoms with van der Waals surface area (Å²) in [6.07, 6.45) is 1.56. The van der Waals surface area contributed by atoms with Gasteiger partial charge in [-0.25, -0.2) is 4.98 Å². The number of carbonyl (C=O) groups is 1. The van der Waals surface area contributed by atoms with Crippen molar-refractivity contribution >= 4 is 17.2 Å². The molecule has 0 saturated carbocycles. The van der Waals surface area contributed by atoms with Gasteiger partial charge in [-0.05, 0) is 19.1 Å². The zero-order chi connectivity index (χ0) is 14.5. The summed E-state index contributed by atoms with van der Waals surface area (Å²) in [6.45, 7) is 1.88. The molecule has 2 aromatic rings. The van der Waals surface area contributed by atoms with Crippen LogP contribution >= 0.6 is 11.3 Å². The number of hydrogen-bond donors (Lipinski definition) is 2.